The van der Waals surface area contributed by atoms with Gasteiger partial charge in [0.2, 0.25) is 0 Å². The Morgan fingerprint density at radius 2 is 2.11 bits per heavy atom. The van der Waals surface area contributed by atoms with Crippen molar-refractivity contribution in [2.24, 2.45) is 5.92 Å². The fourth-order valence-electron chi connectivity index (χ4n) is 2.53. The van der Waals surface area contributed by atoms with Crippen LogP contribution in [-0.4, -0.2) is 23.8 Å². The van der Waals surface area contributed by atoms with Crippen molar-refractivity contribution >= 4 is 21.6 Å². The van der Waals surface area contributed by atoms with Gasteiger partial charge in [0.15, 0.2) is 5.82 Å². The van der Waals surface area contributed by atoms with Crippen LogP contribution < -0.4 is 4.90 Å². The van der Waals surface area contributed by atoms with Gasteiger partial charge in [0.25, 0.3) is 0 Å². The Kier molecular flexibility index (Phi) is 2.61. The summed E-state index contributed by atoms with van der Waals surface area (Å²) in [6.07, 6.45) is 2.15. The maximum atomic E-state index is 14.1. The van der Waals surface area contributed by atoms with E-state index in [1.165, 1.54) is 0 Å². The first-order chi connectivity index (χ1) is 8.55. The number of nitriles is 1. The summed E-state index contributed by atoms with van der Waals surface area (Å²) in [5, 5.41) is 19.0. The van der Waals surface area contributed by atoms with Crippen LogP contribution in [0.1, 0.15) is 18.4 Å². The van der Waals surface area contributed by atoms with Crippen LogP contribution in [0.4, 0.5) is 10.1 Å². The first-order valence-electron chi connectivity index (χ1n) is 5.90. The highest BCUT2D eigenvalue weighted by atomic mass is 79.9. The molecule has 1 saturated carbocycles. The smallest absolute Gasteiger partial charge is 0.161 e. The predicted molar refractivity (Wildman–Crippen MR) is 68.7 cm³/mol. The normalized spacial score (nSPS) is 21.3. The molecule has 0 aromatic heterocycles. The summed E-state index contributed by atoms with van der Waals surface area (Å²) in [4.78, 5) is 1.82. The highest BCUT2D eigenvalue weighted by Gasteiger charge is 2.52. The summed E-state index contributed by atoms with van der Waals surface area (Å²) in [5.41, 5.74) is 0.104. The fraction of sp³-hybridized carbons (Fsp3) is 0.462. The first-order valence-corrected chi connectivity index (χ1v) is 6.70. The van der Waals surface area contributed by atoms with Gasteiger partial charge in [-0.25, -0.2) is 4.39 Å². The van der Waals surface area contributed by atoms with E-state index in [0.717, 1.165) is 12.8 Å². The molecular formula is C13H12BrFN2O. The largest absolute Gasteiger partial charge is 0.386 e. The molecule has 0 atom stereocenters. The lowest BCUT2D eigenvalue weighted by molar-refractivity contribution is -0.00963. The molecule has 2 aliphatic rings. The molecule has 1 aliphatic carbocycles. The second kappa shape index (κ2) is 3.94. The molecule has 94 valence electrons. The summed E-state index contributed by atoms with van der Waals surface area (Å²) in [7, 11) is 0. The van der Waals surface area contributed by atoms with Crippen molar-refractivity contribution in [3.8, 4) is 6.07 Å². The Labute approximate surface area is 113 Å². The van der Waals surface area contributed by atoms with Crippen molar-refractivity contribution in [3.63, 3.8) is 0 Å². The average molecular weight is 311 g/mol. The van der Waals surface area contributed by atoms with Gasteiger partial charge in [-0.1, -0.05) is 0 Å². The molecule has 1 aromatic rings. The van der Waals surface area contributed by atoms with Gasteiger partial charge < -0.3 is 10.0 Å². The minimum absolute atomic E-state index is 0.198. The number of hydrogen-bond donors (Lipinski definition) is 1. The lowest BCUT2D eigenvalue weighted by atomic mass is 9.88. The topological polar surface area (TPSA) is 47.3 Å². The second-order valence-corrected chi connectivity index (χ2v) is 5.90. The molecular weight excluding hydrogens is 299 g/mol. The van der Waals surface area contributed by atoms with Gasteiger partial charge in [-0.3, -0.25) is 0 Å². The lowest BCUT2D eigenvalue weighted by Crippen LogP contribution is -2.63. The monoisotopic (exact) mass is 310 g/mol. The van der Waals surface area contributed by atoms with E-state index in [0.29, 0.717) is 24.7 Å². The van der Waals surface area contributed by atoms with Crippen molar-refractivity contribution in [1.29, 1.82) is 5.26 Å². The van der Waals surface area contributed by atoms with Crippen LogP contribution >= 0.6 is 15.9 Å². The van der Waals surface area contributed by atoms with E-state index in [1.54, 1.807) is 12.1 Å². The fourth-order valence-corrected chi connectivity index (χ4v) is 2.96. The van der Waals surface area contributed by atoms with Gasteiger partial charge in [-0.15, -0.1) is 0 Å². The number of benzene rings is 1. The average Bonchev–Trinajstić information content (AvgIpc) is 3.13. The van der Waals surface area contributed by atoms with E-state index in [-0.39, 0.29) is 10.0 Å². The van der Waals surface area contributed by atoms with Crippen LogP contribution in [0.5, 0.6) is 0 Å². The van der Waals surface area contributed by atoms with E-state index >= 15 is 0 Å². The minimum Gasteiger partial charge on any atom is -0.386 e. The third-order valence-corrected chi connectivity index (χ3v) is 4.56. The standard InChI is InChI=1S/C13H12BrFN2O/c14-11-8(5-16)1-4-10(12(11)15)17-6-13(18,7-17)9-2-3-9/h1,4,9,18H,2-3,6-7H2. The van der Waals surface area contributed by atoms with Crippen molar-refractivity contribution in [1.82, 2.24) is 0 Å². The van der Waals surface area contributed by atoms with Crippen LogP contribution in [0.3, 0.4) is 0 Å². The van der Waals surface area contributed by atoms with Crippen LogP contribution in [0.25, 0.3) is 0 Å². The van der Waals surface area contributed by atoms with E-state index in [1.807, 2.05) is 11.0 Å². The quantitative estimate of drug-likeness (QED) is 0.912. The van der Waals surface area contributed by atoms with Crippen LogP contribution in [0, 0.1) is 23.1 Å². The molecule has 0 unspecified atom stereocenters. The van der Waals surface area contributed by atoms with Crippen LogP contribution in [0.2, 0.25) is 0 Å². The molecule has 1 aromatic carbocycles. The Morgan fingerprint density at radius 1 is 1.44 bits per heavy atom. The highest BCUT2D eigenvalue weighted by molar-refractivity contribution is 9.10. The Bertz CT molecular complexity index is 545. The number of β-amino-alcohol motifs (C(OH)–C–C–N with tert-alkyl or cyclic N) is 1. The number of hydrogen-bond acceptors (Lipinski definition) is 3. The van der Waals surface area contributed by atoms with Gasteiger partial charge in [-0.2, -0.15) is 5.26 Å². The summed E-state index contributed by atoms with van der Waals surface area (Å²) < 4.78 is 14.3. The second-order valence-electron chi connectivity index (χ2n) is 5.11. The molecule has 0 radical (unpaired) electrons. The molecule has 1 aliphatic heterocycles. The molecule has 0 spiro atoms. The number of aliphatic hydroxyl groups is 1. The third-order valence-electron chi connectivity index (χ3n) is 3.79. The van der Waals surface area contributed by atoms with Gasteiger partial charge in [0.05, 0.1) is 15.7 Å². The number of rotatable bonds is 2. The first kappa shape index (κ1) is 11.9. The number of nitrogens with zero attached hydrogens (tertiary/aromatic N) is 2. The van der Waals surface area contributed by atoms with E-state index < -0.39 is 11.4 Å². The molecule has 18 heavy (non-hydrogen) atoms. The summed E-state index contributed by atoms with van der Waals surface area (Å²) >= 11 is 3.10. The maximum Gasteiger partial charge on any atom is 0.161 e. The van der Waals surface area contributed by atoms with Gasteiger partial charge >= 0.3 is 0 Å². The molecule has 5 heteroatoms. The summed E-state index contributed by atoms with van der Waals surface area (Å²) in [6, 6.07) is 5.12. The van der Waals surface area contributed by atoms with Crippen molar-refractivity contribution in [2.45, 2.75) is 18.4 Å². The molecule has 2 fully saturated rings. The van der Waals surface area contributed by atoms with Crippen molar-refractivity contribution < 1.29 is 9.50 Å². The number of halogens is 2. The molecule has 1 heterocycles. The summed E-state index contributed by atoms with van der Waals surface area (Å²) in [6.45, 7) is 0.958. The molecule has 1 saturated heterocycles. The zero-order valence-corrected chi connectivity index (χ0v) is 11.2. The Morgan fingerprint density at radius 3 is 2.67 bits per heavy atom. The van der Waals surface area contributed by atoms with Gasteiger partial charge in [-0.05, 0) is 46.8 Å². The SMILES string of the molecule is N#Cc1ccc(N2CC(O)(C3CC3)C2)c(F)c1Br. The van der Waals surface area contributed by atoms with E-state index in [9.17, 15) is 9.50 Å². The minimum atomic E-state index is -0.632. The Hall–Kier alpha value is -1.12. The lowest BCUT2D eigenvalue weighted by Gasteiger charge is -2.48. The Balaban J connectivity index is 1.83. The molecule has 1 N–H and O–H groups in total. The zero-order valence-electron chi connectivity index (χ0n) is 9.66. The molecule has 3 nitrogen and oxygen atoms in total. The van der Waals surface area contributed by atoms with E-state index in [4.69, 9.17) is 5.26 Å². The van der Waals surface area contributed by atoms with Crippen molar-refractivity contribution in [3.05, 3.63) is 28.0 Å². The highest BCUT2D eigenvalue weighted by Crippen LogP contribution is 2.46. The molecule has 0 bridgehead atoms. The number of anilines is 1. The molecule has 3 rings (SSSR count). The summed E-state index contributed by atoms with van der Waals surface area (Å²) in [5.74, 6) is -0.0365. The van der Waals surface area contributed by atoms with Gasteiger partial charge in [0, 0.05) is 13.1 Å². The zero-order chi connectivity index (χ0) is 12.9. The maximum absolute atomic E-state index is 14.1. The van der Waals surface area contributed by atoms with E-state index in [2.05, 4.69) is 15.9 Å². The van der Waals surface area contributed by atoms with Crippen LogP contribution in [0.15, 0.2) is 16.6 Å². The molecule has 0 amide bonds. The predicted octanol–water partition coefficient (Wildman–Crippen LogP) is 2.42. The van der Waals surface area contributed by atoms with Gasteiger partial charge in [0.1, 0.15) is 11.7 Å². The third kappa shape index (κ3) is 1.72. The van der Waals surface area contributed by atoms with Crippen molar-refractivity contribution in [2.75, 3.05) is 18.0 Å². The van der Waals surface area contributed by atoms with Crippen LogP contribution in [-0.2, 0) is 0 Å².